The van der Waals surface area contributed by atoms with Crippen molar-refractivity contribution in [2.24, 2.45) is 17.0 Å². The van der Waals surface area contributed by atoms with E-state index in [1.165, 1.54) is 12.5 Å². The standard InChI is InChI=1S/C20H24N4O5S/c1-2-3-5-24-6-4-15(11-24)20(26)17-10-22-13-23-18(17)8-14-7-16(19(25)9-14)12-29-30(21,27)28/h4,6,10-11,13-14,16,19,25H,5,7-9,12H2,1H3,(H2,21,27,28)/t14-,16+,19-/m0/s1. The molecule has 1 aliphatic carbocycles. The summed E-state index contributed by atoms with van der Waals surface area (Å²) in [5, 5.41) is 15.1. The minimum Gasteiger partial charge on any atom is -0.393 e. The Balaban J connectivity index is 1.70. The Bertz CT molecular complexity index is 1070. The maximum absolute atomic E-state index is 13.0. The van der Waals surface area contributed by atoms with Gasteiger partial charge in [0.1, 0.15) is 6.33 Å². The van der Waals surface area contributed by atoms with E-state index in [2.05, 4.69) is 26.0 Å². The van der Waals surface area contributed by atoms with E-state index in [1.54, 1.807) is 25.4 Å². The highest BCUT2D eigenvalue weighted by molar-refractivity contribution is 7.84. The highest BCUT2D eigenvalue weighted by atomic mass is 32.2. The van der Waals surface area contributed by atoms with Gasteiger partial charge in [0, 0.05) is 30.1 Å². The summed E-state index contributed by atoms with van der Waals surface area (Å²) in [4.78, 5) is 21.3. The van der Waals surface area contributed by atoms with Crippen LogP contribution in [0.2, 0.25) is 0 Å². The molecule has 1 aliphatic rings. The first-order valence-electron chi connectivity index (χ1n) is 9.51. The van der Waals surface area contributed by atoms with Crippen molar-refractivity contribution >= 4 is 16.1 Å². The molecule has 3 rings (SSSR count). The van der Waals surface area contributed by atoms with Crippen LogP contribution in [0.15, 0.2) is 31.0 Å². The molecule has 0 saturated heterocycles. The van der Waals surface area contributed by atoms with E-state index >= 15 is 0 Å². The molecule has 0 spiro atoms. The predicted octanol–water partition coefficient (Wildman–Crippen LogP) is 0.682. The molecule has 160 valence electrons. The number of hydrogen-bond donors (Lipinski definition) is 2. The number of nitrogens with zero attached hydrogens (tertiary/aromatic N) is 3. The van der Waals surface area contributed by atoms with Crippen LogP contribution in [0.1, 0.15) is 41.4 Å². The summed E-state index contributed by atoms with van der Waals surface area (Å²) in [5.41, 5.74) is 1.53. The number of nitrogens with two attached hydrogens (primary N) is 1. The minimum atomic E-state index is -4.05. The van der Waals surface area contributed by atoms with Gasteiger partial charge in [0.25, 0.3) is 0 Å². The van der Waals surface area contributed by atoms with E-state index in [9.17, 15) is 18.3 Å². The second-order valence-electron chi connectivity index (χ2n) is 7.36. The SMILES string of the molecule is CC#CCn1ccc(C(=O)c2cncnc2C[C@@H]2C[C@H](COS(N)(=O)=O)[C@@H](O)C2)c1. The smallest absolute Gasteiger partial charge is 0.333 e. The molecule has 0 radical (unpaired) electrons. The first kappa shape index (κ1) is 22.1. The Kier molecular flexibility index (Phi) is 6.99. The van der Waals surface area contributed by atoms with E-state index in [-0.39, 0.29) is 24.2 Å². The largest absolute Gasteiger partial charge is 0.393 e. The van der Waals surface area contributed by atoms with E-state index in [0.717, 1.165) is 0 Å². The van der Waals surface area contributed by atoms with Crippen LogP contribution in [0.5, 0.6) is 0 Å². The van der Waals surface area contributed by atoms with Gasteiger partial charge >= 0.3 is 10.3 Å². The number of hydrogen-bond acceptors (Lipinski definition) is 7. The molecular formula is C20H24N4O5S. The van der Waals surface area contributed by atoms with Crippen LogP contribution in [0, 0.1) is 23.7 Å². The highest BCUT2D eigenvalue weighted by Gasteiger charge is 2.34. The fourth-order valence-corrected chi connectivity index (χ4v) is 4.09. The zero-order chi connectivity index (χ0) is 21.7. The second kappa shape index (κ2) is 9.49. The van der Waals surface area contributed by atoms with Crippen LogP contribution in [-0.4, -0.2) is 46.6 Å². The van der Waals surface area contributed by atoms with Gasteiger partial charge in [0.05, 0.1) is 30.5 Å². The number of ketones is 1. The lowest BCUT2D eigenvalue weighted by Gasteiger charge is -2.13. The third kappa shape index (κ3) is 5.73. The number of aliphatic hydroxyl groups is 1. The normalized spacial score (nSPS) is 21.2. The van der Waals surface area contributed by atoms with Crippen LogP contribution in [0.3, 0.4) is 0 Å². The summed E-state index contributed by atoms with van der Waals surface area (Å²) in [6.07, 6.45) is 7.19. The molecule has 1 saturated carbocycles. The van der Waals surface area contributed by atoms with Crippen molar-refractivity contribution in [2.45, 2.75) is 38.8 Å². The van der Waals surface area contributed by atoms with Crippen molar-refractivity contribution in [1.82, 2.24) is 14.5 Å². The Morgan fingerprint density at radius 2 is 2.23 bits per heavy atom. The Labute approximate surface area is 175 Å². The zero-order valence-electron chi connectivity index (χ0n) is 16.6. The average molecular weight is 433 g/mol. The lowest BCUT2D eigenvalue weighted by Crippen LogP contribution is -2.24. The van der Waals surface area contributed by atoms with Gasteiger partial charge in [-0.2, -0.15) is 8.42 Å². The van der Waals surface area contributed by atoms with Gasteiger partial charge in [-0.15, -0.1) is 5.92 Å². The molecule has 3 N–H and O–H groups in total. The van der Waals surface area contributed by atoms with Crippen molar-refractivity contribution in [3.05, 3.63) is 47.8 Å². The summed E-state index contributed by atoms with van der Waals surface area (Å²) in [7, 11) is -4.05. The minimum absolute atomic E-state index is 0.0277. The molecule has 2 heterocycles. The van der Waals surface area contributed by atoms with Gasteiger partial charge in [-0.25, -0.2) is 15.1 Å². The van der Waals surface area contributed by atoms with Gasteiger partial charge in [0.2, 0.25) is 0 Å². The van der Waals surface area contributed by atoms with Crippen LogP contribution >= 0.6 is 0 Å². The second-order valence-corrected chi connectivity index (χ2v) is 8.58. The number of aromatic nitrogens is 3. The van der Waals surface area contributed by atoms with Gasteiger partial charge in [-0.05, 0) is 38.2 Å². The lowest BCUT2D eigenvalue weighted by molar-refractivity contribution is 0.100. The van der Waals surface area contributed by atoms with Crippen molar-refractivity contribution in [2.75, 3.05) is 6.61 Å². The Morgan fingerprint density at radius 1 is 1.43 bits per heavy atom. The van der Waals surface area contributed by atoms with Crippen LogP contribution in [0.4, 0.5) is 0 Å². The first-order valence-corrected chi connectivity index (χ1v) is 11.0. The number of aliphatic hydroxyl groups excluding tert-OH is 1. The average Bonchev–Trinajstić information content (AvgIpc) is 3.30. The molecule has 0 amide bonds. The molecular weight excluding hydrogens is 408 g/mol. The van der Waals surface area contributed by atoms with Crippen molar-refractivity contribution < 1.29 is 22.5 Å². The lowest BCUT2D eigenvalue weighted by atomic mass is 9.95. The summed E-state index contributed by atoms with van der Waals surface area (Å²) in [6.45, 7) is 2.10. The summed E-state index contributed by atoms with van der Waals surface area (Å²) < 4.78 is 28.4. The summed E-state index contributed by atoms with van der Waals surface area (Å²) >= 11 is 0. The molecule has 0 unspecified atom stereocenters. The van der Waals surface area contributed by atoms with Gasteiger partial charge in [-0.1, -0.05) is 5.92 Å². The number of carbonyl (C=O) groups excluding carboxylic acids is 1. The molecule has 0 bridgehead atoms. The van der Waals surface area contributed by atoms with Crippen molar-refractivity contribution in [3.63, 3.8) is 0 Å². The maximum atomic E-state index is 13.0. The van der Waals surface area contributed by atoms with E-state index in [0.29, 0.717) is 42.6 Å². The van der Waals surface area contributed by atoms with E-state index in [4.69, 9.17) is 5.14 Å². The number of rotatable bonds is 8. The van der Waals surface area contributed by atoms with Crippen LogP contribution in [-0.2, 0) is 27.5 Å². The van der Waals surface area contributed by atoms with Crippen molar-refractivity contribution in [1.29, 1.82) is 0 Å². The molecule has 1 fully saturated rings. The third-order valence-electron chi connectivity index (χ3n) is 5.17. The van der Waals surface area contributed by atoms with Crippen LogP contribution in [0.25, 0.3) is 0 Å². The molecule has 3 atom stereocenters. The maximum Gasteiger partial charge on any atom is 0.333 e. The predicted molar refractivity (Wildman–Crippen MR) is 108 cm³/mol. The van der Waals surface area contributed by atoms with Crippen LogP contribution < -0.4 is 5.14 Å². The first-order chi connectivity index (χ1) is 14.3. The number of carbonyl (C=O) groups is 1. The monoisotopic (exact) mass is 432 g/mol. The van der Waals surface area contributed by atoms with Crippen molar-refractivity contribution in [3.8, 4) is 11.8 Å². The van der Waals surface area contributed by atoms with Gasteiger partial charge < -0.3 is 9.67 Å². The van der Waals surface area contributed by atoms with E-state index < -0.39 is 16.4 Å². The zero-order valence-corrected chi connectivity index (χ0v) is 17.4. The Hall–Kier alpha value is -2.58. The third-order valence-corrected chi connectivity index (χ3v) is 5.64. The molecule has 2 aromatic heterocycles. The molecule has 2 aromatic rings. The highest BCUT2D eigenvalue weighted by Crippen LogP contribution is 2.34. The van der Waals surface area contributed by atoms with Gasteiger partial charge in [0.15, 0.2) is 5.78 Å². The molecule has 30 heavy (non-hydrogen) atoms. The van der Waals surface area contributed by atoms with Gasteiger partial charge in [-0.3, -0.25) is 8.98 Å². The molecule has 10 heteroatoms. The van der Waals surface area contributed by atoms with E-state index in [1.807, 2.05) is 4.57 Å². The fourth-order valence-electron chi connectivity index (χ4n) is 3.72. The topological polar surface area (TPSA) is 137 Å². The Morgan fingerprint density at radius 3 is 2.97 bits per heavy atom. The quantitative estimate of drug-likeness (QED) is 0.462. The summed E-state index contributed by atoms with van der Waals surface area (Å²) in [6, 6.07) is 1.73. The molecule has 9 nitrogen and oxygen atoms in total. The molecule has 0 aromatic carbocycles. The molecule has 0 aliphatic heterocycles. The summed E-state index contributed by atoms with van der Waals surface area (Å²) in [5.74, 6) is 5.26. The fraction of sp³-hybridized carbons (Fsp3) is 0.450.